The second-order valence-corrected chi connectivity index (χ2v) is 7.05. The van der Waals surface area contributed by atoms with Crippen LogP contribution in [0.2, 0.25) is 5.02 Å². The Morgan fingerprint density at radius 1 is 1.06 bits per heavy atom. The number of nitrogens with zero attached hydrogens (tertiary/aromatic N) is 1. The van der Waals surface area contributed by atoms with E-state index in [1.54, 1.807) is 60.7 Å². The Hall–Kier alpha value is -3.64. The second-order valence-electron chi connectivity index (χ2n) is 6.64. The molecule has 4 rings (SSSR count). The van der Waals surface area contributed by atoms with Gasteiger partial charge >= 0.3 is 5.97 Å². The second kappa shape index (κ2) is 9.02. The molecular weight excluding hydrogens is 421 g/mol. The standard InChI is InChI=1S/C24H17ClFNO4/c1-29-22-13-16(8-11-21(22)30-14-15-6-9-17(26)10-7-15)12-20-24(28)31-23(27-20)18-4-2-3-5-19(18)25/h2-13H,14H2,1H3/b20-12-. The molecule has 0 fully saturated rings. The lowest BCUT2D eigenvalue weighted by Crippen LogP contribution is -2.05. The minimum atomic E-state index is -0.564. The summed E-state index contributed by atoms with van der Waals surface area (Å²) < 4.78 is 29.5. The highest BCUT2D eigenvalue weighted by atomic mass is 35.5. The molecule has 0 aliphatic carbocycles. The van der Waals surface area contributed by atoms with E-state index in [0.29, 0.717) is 27.6 Å². The maximum absolute atomic E-state index is 13.0. The van der Waals surface area contributed by atoms with Crippen LogP contribution < -0.4 is 9.47 Å². The summed E-state index contributed by atoms with van der Waals surface area (Å²) in [7, 11) is 1.52. The highest BCUT2D eigenvalue weighted by Crippen LogP contribution is 2.31. The third kappa shape index (κ3) is 4.75. The molecule has 0 N–H and O–H groups in total. The molecule has 0 unspecified atom stereocenters. The molecule has 31 heavy (non-hydrogen) atoms. The Morgan fingerprint density at radius 2 is 1.84 bits per heavy atom. The van der Waals surface area contributed by atoms with Gasteiger partial charge in [0, 0.05) is 0 Å². The lowest BCUT2D eigenvalue weighted by molar-refractivity contribution is -0.129. The van der Waals surface area contributed by atoms with Gasteiger partial charge in [-0.1, -0.05) is 41.9 Å². The lowest BCUT2D eigenvalue weighted by atomic mass is 10.1. The molecule has 0 saturated heterocycles. The summed E-state index contributed by atoms with van der Waals surface area (Å²) in [6, 6.07) is 18.3. The van der Waals surface area contributed by atoms with Crippen LogP contribution in [0.25, 0.3) is 6.08 Å². The molecule has 0 amide bonds. The van der Waals surface area contributed by atoms with Gasteiger partial charge in [-0.25, -0.2) is 14.2 Å². The maximum atomic E-state index is 13.0. The number of hydrogen-bond acceptors (Lipinski definition) is 5. The first kappa shape index (κ1) is 20.6. The largest absolute Gasteiger partial charge is 0.493 e. The Balaban J connectivity index is 1.54. The monoisotopic (exact) mass is 437 g/mol. The molecule has 1 heterocycles. The van der Waals surface area contributed by atoms with E-state index in [9.17, 15) is 9.18 Å². The summed E-state index contributed by atoms with van der Waals surface area (Å²) in [6.45, 7) is 0.259. The van der Waals surface area contributed by atoms with Crippen LogP contribution in [0, 0.1) is 5.82 Å². The van der Waals surface area contributed by atoms with Crippen molar-refractivity contribution in [3.05, 3.63) is 100.0 Å². The molecule has 5 nitrogen and oxygen atoms in total. The number of aliphatic imine (C=N–C) groups is 1. The molecule has 3 aromatic rings. The topological polar surface area (TPSA) is 57.1 Å². The molecule has 156 valence electrons. The fraction of sp³-hybridized carbons (Fsp3) is 0.0833. The van der Waals surface area contributed by atoms with Crippen LogP contribution in [0.15, 0.2) is 77.4 Å². The van der Waals surface area contributed by atoms with Gasteiger partial charge in [0.1, 0.15) is 12.4 Å². The average Bonchev–Trinajstić information content (AvgIpc) is 3.14. The number of cyclic esters (lactones) is 1. The molecule has 0 atom stereocenters. The molecule has 1 aliphatic heterocycles. The van der Waals surface area contributed by atoms with Crippen molar-refractivity contribution in [3.8, 4) is 11.5 Å². The van der Waals surface area contributed by atoms with Crippen LogP contribution in [0.3, 0.4) is 0 Å². The third-order valence-electron chi connectivity index (χ3n) is 4.52. The molecule has 0 spiro atoms. The third-order valence-corrected chi connectivity index (χ3v) is 4.85. The first-order valence-corrected chi connectivity index (χ1v) is 9.74. The first-order chi connectivity index (χ1) is 15.0. The van der Waals surface area contributed by atoms with Gasteiger partial charge in [0.2, 0.25) is 5.90 Å². The number of benzene rings is 3. The van der Waals surface area contributed by atoms with Gasteiger partial charge in [0.15, 0.2) is 17.2 Å². The zero-order valence-corrected chi connectivity index (χ0v) is 17.2. The van der Waals surface area contributed by atoms with Crippen LogP contribution in [-0.4, -0.2) is 19.0 Å². The summed E-state index contributed by atoms with van der Waals surface area (Å²) >= 11 is 6.16. The van der Waals surface area contributed by atoms with E-state index in [0.717, 1.165) is 5.56 Å². The summed E-state index contributed by atoms with van der Waals surface area (Å²) in [5, 5.41) is 0.444. The van der Waals surface area contributed by atoms with Crippen molar-refractivity contribution in [2.75, 3.05) is 7.11 Å². The zero-order chi connectivity index (χ0) is 21.8. The number of carbonyl (C=O) groups excluding carboxylic acids is 1. The van der Waals surface area contributed by atoms with Crippen molar-refractivity contribution in [3.63, 3.8) is 0 Å². The maximum Gasteiger partial charge on any atom is 0.363 e. The number of ether oxygens (including phenoxy) is 3. The van der Waals surface area contributed by atoms with Crippen LogP contribution in [0.4, 0.5) is 4.39 Å². The fourth-order valence-corrected chi connectivity index (χ4v) is 3.17. The Labute approximate surface area is 183 Å². The van der Waals surface area contributed by atoms with Crippen LogP contribution in [0.1, 0.15) is 16.7 Å². The quantitative estimate of drug-likeness (QED) is 0.382. The Kier molecular flexibility index (Phi) is 6.00. The predicted octanol–water partition coefficient (Wildman–Crippen LogP) is 5.41. The average molecular weight is 438 g/mol. The minimum Gasteiger partial charge on any atom is -0.493 e. The number of methoxy groups -OCH3 is 1. The van der Waals surface area contributed by atoms with Crippen LogP contribution >= 0.6 is 11.6 Å². The van der Waals surface area contributed by atoms with E-state index in [1.807, 2.05) is 0 Å². The number of halogens is 2. The number of hydrogen-bond donors (Lipinski definition) is 0. The van der Waals surface area contributed by atoms with Crippen molar-refractivity contribution in [2.24, 2.45) is 4.99 Å². The summed E-state index contributed by atoms with van der Waals surface area (Å²) in [6.07, 6.45) is 1.60. The van der Waals surface area contributed by atoms with E-state index in [-0.39, 0.29) is 24.0 Å². The summed E-state index contributed by atoms with van der Waals surface area (Å²) in [5.41, 5.74) is 2.20. The molecule has 7 heteroatoms. The van der Waals surface area contributed by atoms with Gasteiger partial charge in [-0.05, 0) is 53.6 Å². The van der Waals surface area contributed by atoms with Gasteiger partial charge in [-0.3, -0.25) is 0 Å². The van der Waals surface area contributed by atoms with E-state index >= 15 is 0 Å². The van der Waals surface area contributed by atoms with E-state index < -0.39 is 5.97 Å². The van der Waals surface area contributed by atoms with Crippen molar-refractivity contribution < 1.29 is 23.4 Å². The number of esters is 1. The Morgan fingerprint density at radius 3 is 2.58 bits per heavy atom. The molecule has 1 aliphatic rings. The predicted molar refractivity (Wildman–Crippen MR) is 116 cm³/mol. The van der Waals surface area contributed by atoms with Gasteiger partial charge < -0.3 is 14.2 Å². The highest BCUT2D eigenvalue weighted by molar-refractivity contribution is 6.34. The zero-order valence-electron chi connectivity index (χ0n) is 16.5. The van der Waals surface area contributed by atoms with Crippen LogP contribution in [-0.2, 0) is 16.1 Å². The highest BCUT2D eigenvalue weighted by Gasteiger charge is 2.25. The van der Waals surface area contributed by atoms with Gasteiger partial charge in [-0.15, -0.1) is 0 Å². The Bertz CT molecular complexity index is 1190. The minimum absolute atomic E-state index is 0.150. The SMILES string of the molecule is COc1cc(/C=C2\N=C(c3ccccc3Cl)OC2=O)ccc1OCc1ccc(F)cc1. The summed E-state index contributed by atoms with van der Waals surface area (Å²) in [4.78, 5) is 16.5. The molecule has 0 radical (unpaired) electrons. The van der Waals surface area contributed by atoms with Crippen molar-refractivity contribution in [1.29, 1.82) is 0 Å². The first-order valence-electron chi connectivity index (χ1n) is 9.36. The van der Waals surface area contributed by atoms with E-state index in [2.05, 4.69) is 4.99 Å². The molecular formula is C24H17ClFNO4. The smallest absolute Gasteiger partial charge is 0.363 e. The lowest BCUT2D eigenvalue weighted by Gasteiger charge is -2.11. The number of rotatable bonds is 6. The van der Waals surface area contributed by atoms with E-state index in [4.69, 9.17) is 25.8 Å². The van der Waals surface area contributed by atoms with Gasteiger partial charge in [0.05, 0.1) is 17.7 Å². The fourth-order valence-electron chi connectivity index (χ4n) is 2.95. The summed E-state index contributed by atoms with van der Waals surface area (Å²) in [5.74, 6) is 0.296. The van der Waals surface area contributed by atoms with Gasteiger partial charge in [0.25, 0.3) is 0 Å². The molecule has 3 aromatic carbocycles. The van der Waals surface area contributed by atoms with Crippen molar-refractivity contribution in [2.45, 2.75) is 6.61 Å². The van der Waals surface area contributed by atoms with Crippen LogP contribution in [0.5, 0.6) is 11.5 Å². The molecule has 0 saturated carbocycles. The van der Waals surface area contributed by atoms with Gasteiger partial charge in [-0.2, -0.15) is 0 Å². The van der Waals surface area contributed by atoms with E-state index in [1.165, 1.54) is 19.2 Å². The normalized spacial score (nSPS) is 14.4. The number of carbonyl (C=O) groups is 1. The molecule has 0 bridgehead atoms. The molecule has 0 aromatic heterocycles. The van der Waals surface area contributed by atoms with Crippen molar-refractivity contribution >= 4 is 29.5 Å². The van der Waals surface area contributed by atoms with Crippen molar-refractivity contribution in [1.82, 2.24) is 0 Å².